The normalized spacial score (nSPS) is 19.2. The Morgan fingerprint density at radius 2 is 1.97 bits per heavy atom. The highest BCUT2D eigenvalue weighted by Crippen LogP contribution is 2.35. The molecule has 1 aliphatic rings. The van der Waals surface area contributed by atoms with Crippen molar-refractivity contribution in [1.82, 2.24) is 10.2 Å². The highest BCUT2D eigenvalue weighted by molar-refractivity contribution is 9.09. The predicted octanol–water partition coefficient (Wildman–Crippen LogP) is 2.70. The first-order valence-corrected chi connectivity index (χ1v) is 11.7. The molecule has 31 heavy (non-hydrogen) atoms. The molecule has 1 aromatic carbocycles. The van der Waals surface area contributed by atoms with E-state index in [2.05, 4.69) is 21.2 Å². The second kappa shape index (κ2) is 10.8. The lowest BCUT2D eigenvalue weighted by Crippen LogP contribution is -2.69. The van der Waals surface area contributed by atoms with Gasteiger partial charge in [0.25, 0.3) is 5.91 Å². The Morgan fingerprint density at radius 1 is 1.32 bits per heavy atom. The SMILES string of the molecule is CCC(C)(C)OC(=O)/C(=C(\O)CBr)N1C(=O)C(NC(=O)Cc2ccccc2)C1SC=O. The minimum Gasteiger partial charge on any atom is -0.509 e. The number of halogens is 1. The van der Waals surface area contributed by atoms with Crippen LogP contribution in [0.25, 0.3) is 0 Å². The molecule has 10 heteroatoms. The van der Waals surface area contributed by atoms with E-state index in [1.165, 1.54) is 0 Å². The van der Waals surface area contributed by atoms with Gasteiger partial charge in [-0.1, -0.05) is 64.9 Å². The van der Waals surface area contributed by atoms with E-state index >= 15 is 0 Å². The lowest BCUT2D eigenvalue weighted by molar-refractivity contribution is -0.160. The van der Waals surface area contributed by atoms with Gasteiger partial charge in [0.2, 0.25) is 5.91 Å². The van der Waals surface area contributed by atoms with E-state index in [1.54, 1.807) is 38.1 Å². The molecule has 0 aromatic heterocycles. The maximum Gasteiger partial charge on any atom is 0.359 e. The molecule has 0 saturated carbocycles. The summed E-state index contributed by atoms with van der Waals surface area (Å²) in [4.78, 5) is 50.2. The fourth-order valence-electron chi connectivity index (χ4n) is 2.83. The maximum absolute atomic E-state index is 12.8. The van der Waals surface area contributed by atoms with Crippen LogP contribution in [-0.2, 0) is 30.3 Å². The molecular formula is C21H25BrN2O6S. The van der Waals surface area contributed by atoms with E-state index in [9.17, 15) is 24.3 Å². The molecule has 8 nitrogen and oxygen atoms in total. The summed E-state index contributed by atoms with van der Waals surface area (Å²) in [5, 5.41) is 11.9. The number of esters is 1. The third kappa shape index (κ3) is 6.10. The van der Waals surface area contributed by atoms with Gasteiger partial charge in [-0.3, -0.25) is 19.3 Å². The van der Waals surface area contributed by atoms with Crippen molar-refractivity contribution < 1.29 is 29.0 Å². The average molecular weight is 513 g/mol. The van der Waals surface area contributed by atoms with Gasteiger partial charge < -0.3 is 15.2 Å². The van der Waals surface area contributed by atoms with Gasteiger partial charge in [0.1, 0.15) is 22.8 Å². The van der Waals surface area contributed by atoms with Gasteiger partial charge in [-0.05, 0) is 25.8 Å². The van der Waals surface area contributed by atoms with E-state index in [1.807, 2.05) is 13.0 Å². The Labute approximate surface area is 193 Å². The number of β-lactam (4-membered cyclic amide) rings is 1. The van der Waals surface area contributed by atoms with E-state index in [4.69, 9.17) is 4.74 Å². The molecule has 0 aliphatic carbocycles. The van der Waals surface area contributed by atoms with Gasteiger partial charge >= 0.3 is 5.97 Å². The molecule has 0 spiro atoms. The number of ether oxygens (including phenoxy) is 1. The van der Waals surface area contributed by atoms with Crippen LogP contribution in [0.3, 0.4) is 0 Å². The Kier molecular flexibility index (Phi) is 8.69. The highest BCUT2D eigenvalue weighted by atomic mass is 79.9. The number of alkyl halides is 1. The third-order valence-electron chi connectivity index (χ3n) is 4.82. The van der Waals surface area contributed by atoms with Crippen LogP contribution in [0.15, 0.2) is 41.8 Å². The Balaban J connectivity index is 2.22. The summed E-state index contributed by atoms with van der Waals surface area (Å²) < 4.78 is 5.44. The van der Waals surface area contributed by atoms with Crippen LogP contribution >= 0.6 is 27.7 Å². The van der Waals surface area contributed by atoms with Crippen LogP contribution in [0.5, 0.6) is 0 Å². The van der Waals surface area contributed by atoms with Crippen molar-refractivity contribution in [2.45, 2.75) is 50.6 Å². The van der Waals surface area contributed by atoms with Gasteiger partial charge in [0.15, 0.2) is 11.3 Å². The topological polar surface area (TPSA) is 113 Å². The fraction of sp³-hybridized carbons (Fsp3) is 0.429. The summed E-state index contributed by atoms with van der Waals surface area (Å²) in [5.74, 6) is -2.31. The van der Waals surface area contributed by atoms with Crippen molar-refractivity contribution in [3.05, 3.63) is 47.4 Å². The molecular weight excluding hydrogens is 488 g/mol. The molecule has 1 aliphatic heterocycles. The summed E-state index contributed by atoms with van der Waals surface area (Å²) in [6.45, 7) is 5.24. The smallest absolute Gasteiger partial charge is 0.359 e. The monoisotopic (exact) mass is 512 g/mol. The van der Waals surface area contributed by atoms with Crippen LogP contribution in [-0.4, -0.2) is 55.8 Å². The first kappa shape index (κ1) is 24.9. The molecule has 0 radical (unpaired) electrons. The molecule has 1 aromatic rings. The largest absolute Gasteiger partial charge is 0.509 e. The number of likely N-dealkylation sites (tertiary alicyclic amines) is 1. The van der Waals surface area contributed by atoms with Crippen molar-refractivity contribution in [1.29, 1.82) is 0 Å². The van der Waals surface area contributed by atoms with Gasteiger partial charge in [0.05, 0.1) is 11.8 Å². The number of rotatable bonds is 10. The Morgan fingerprint density at radius 3 is 2.52 bits per heavy atom. The molecule has 2 unspecified atom stereocenters. The molecule has 168 valence electrons. The van der Waals surface area contributed by atoms with Crippen LogP contribution in [0.2, 0.25) is 0 Å². The number of nitrogens with zero attached hydrogens (tertiary/aromatic N) is 1. The number of hydrogen-bond acceptors (Lipinski definition) is 7. The number of aliphatic hydroxyl groups is 1. The summed E-state index contributed by atoms with van der Waals surface area (Å²) in [6, 6.07) is 7.98. The molecule has 2 amide bonds. The fourth-order valence-corrected chi connectivity index (χ4v) is 3.88. The molecule has 1 saturated heterocycles. The third-order valence-corrected chi connectivity index (χ3v) is 6.22. The van der Waals surface area contributed by atoms with Gasteiger partial charge in [-0.2, -0.15) is 0 Å². The Hall–Kier alpha value is -2.33. The highest BCUT2D eigenvalue weighted by Gasteiger charge is 2.53. The number of carbonyl (C=O) groups excluding carboxylic acids is 4. The van der Waals surface area contributed by atoms with Gasteiger partial charge in [-0.15, -0.1) is 0 Å². The first-order chi connectivity index (χ1) is 14.6. The number of thioether (sulfide) groups is 1. The second-order valence-corrected chi connectivity index (χ2v) is 8.98. The summed E-state index contributed by atoms with van der Waals surface area (Å²) >= 11 is 3.80. The minimum atomic E-state index is -1.02. The van der Waals surface area contributed by atoms with Gasteiger partial charge in [0, 0.05) is 0 Å². The number of carbonyl (C=O) groups is 4. The molecule has 2 atom stereocenters. The zero-order chi connectivity index (χ0) is 23.2. The van der Waals surface area contributed by atoms with E-state index in [0.717, 1.165) is 22.2 Å². The van der Waals surface area contributed by atoms with Gasteiger partial charge in [-0.25, -0.2) is 4.79 Å². The molecule has 2 rings (SSSR count). The number of aliphatic hydroxyl groups excluding tert-OH is 1. The quantitative estimate of drug-likeness (QED) is 0.124. The van der Waals surface area contributed by atoms with Crippen LogP contribution < -0.4 is 5.32 Å². The van der Waals surface area contributed by atoms with E-state index in [-0.39, 0.29) is 17.4 Å². The number of allylic oxidation sites excluding steroid dienone is 1. The molecule has 2 N–H and O–H groups in total. The van der Waals surface area contributed by atoms with Crippen molar-refractivity contribution >= 4 is 51.1 Å². The van der Waals surface area contributed by atoms with E-state index in [0.29, 0.717) is 12.0 Å². The van der Waals surface area contributed by atoms with Crippen molar-refractivity contribution in [3.63, 3.8) is 0 Å². The predicted molar refractivity (Wildman–Crippen MR) is 121 cm³/mol. The number of hydrogen-bond donors (Lipinski definition) is 2. The number of benzene rings is 1. The second-order valence-electron chi connectivity index (χ2n) is 7.47. The van der Waals surface area contributed by atoms with Crippen LogP contribution in [0.4, 0.5) is 0 Å². The summed E-state index contributed by atoms with van der Waals surface area (Å²) in [6.07, 6.45) is 0.574. The lowest BCUT2D eigenvalue weighted by atomic mass is 10.0. The van der Waals surface area contributed by atoms with Crippen molar-refractivity contribution in [2.24, 2.45) is 0 Å². The van der Waals surface area contributed by atoms with Crippen LogP contribution in [0.1, 0.15) is 32.8 Å². The number of nitrogens with one attached hydrogen (secondary N) is 1. The van der Waals surface area contributed by atoms with Crippen molar-refractivity contribution in [3.8, 4) is 0 Å². The summed E-state index contributed by atoms with van der Waals surface area (Å²) in [5.41, 5.74) is 0.117. The average Bonchev–Trinajstić information content (AvgIpc) is 2.74. The first-order valence-electron chi connectivity index (χ1n) is 9.62. The zero-order valence-electron chi connectivity index (χ0n) is 17.5. The molecule has 0 bridgehead atoms. The molecule has 1 fully saturated rings. The van der Waals surface area contributed by atoms with Crippen molar-refractivity contribution in [2.75, 3.05) is 5.33 Å². The standard InChI is InChI=1S/C21H25BrN2O6S/c1-4-21(2,3)30-20(29)17(14(26)11-22)24-18(28)16(19(24)31-12-25)23-15(27)10-13-8-6-5-7-9-13/h5-9,12,16,19,26H,4,10-11H2,1-3H3,(H,23,27)/b17-14+. The zero-order valence-corrected chi connectivity index (χ0v) is 19.9. The number of amides is 2. The minimum absolute atomic E-state index is 0.0607. The van der Waals surface area contributed by atoms with Crippen LogP contribution in [0, 0.1) is 0 Å². The summed E-state index contributed by atoms with van der Waals surface area (Å²) in [7, 11) is 0. The molecule has 1 heterocycles. The maximum atomic E-state index is 12.8. The lowest BCUT2D eigenvalue weighted by Gasteiger charge is -2.46. The Bertz CT molecular complexity index is 874. The van der Waals surface area contributed by atoms with E-state index < -0.39 is 40.6 Å².